The molecule has 19 heteroatoms. The largest absolute Gasteiger partial charge is 0.504 e. The van der Waals surface area contributed by atoms with E-state index >= 15 is 0 Å². The van der Waals surface area contributed by atoms with Crippen LogP contribution in [-0.2, 0) is 44.4 Å². The fourth-order valence-corrected chi connectivity index (χ4v) is 6.08. The molecule has 11 N–H and O–H groups in total. The first kappa shape index (κ1) is 41.5. The van der Waals surface area contributed by atoms with Crippen molar-refractivity contribution in [3.05, 3.63) is 53.6 Å². The Labute approximate surface area is 308 Å². The average molecular weight is 771 g/mol. The van der Waals surface area contributed by atoms with E-state index in [1.165, 1.54) is 56.3 Å². The Kier molecular flexibility index (Phi) is 13.7. The van der Waals surface area contributed by atoms with E-state index in [1.54, 1.807) is 0 Å². The van der Waals surface area contributed by atoms with Crippen LogP contribution < -0.4 is 0 Å². The molecule has 0 saturated carbocycles. The number of aromatic hydroxyl groups is 4. The summed E-state index contributed by atoms with van der Waals surface area (Å²) in [4.78, 5) is 13.3. The summed E-state index contributed by atoms with van der Waals surface area (Å²) in [5.41, 5.74) is 0.811. The molecule has 19 nitrogen and oxygen atoms in total. The summed E-state index contributed by atoms with van der Waals surface area (Å²) in [6.45, 7) is 2.06. The topological polar surface area (TPSA) is 304 Å². The van der Waals surface area contributed by atoms with Crippen molar-refractivity contribution in [3.63, 3.8) is 0 Å². The lowest BCUT2D eigenvalue weighted by atomic mass is 9.96. The zero-order chi connectivity index (χ0) is 39.4. The van der Waals surface area contributed by atoms with Crippen LogP contribution >= 0.6 is 0 Å². The van der Waals surface area contributed by atoms with Crippen LogP contribution in [0, 0.1) is 0 Å². The third kappa shape index (κ3) is 9.58. The van der Waals surface area contributed by atoms with Crippen LogP contribution in [-0.4, -0.2) is 167 Å². The van der Waals surface area contributed by atoms with Gasteiger partial charge in [-0.05, 0) is 61.7 Å². The van der Waals surface area contributed by atoms with Crippen molar-refractivity contribution in [2.45, 2.75) is 112 Å². The van der Waals surface area contributed by atoms with Crippen LogP contribution in [0.15, 0.2) is 42.5 Å². The first-order chi connectivity index (χ1) is 25.5. The number of benzene rings is 2. The minimum absolute atomic E-state index is 0.134. The molecule has 0 radical (unpaired) electrons. The standard InChI is InChI=1S/C35H46O19/c1-14-24(41)26(43)28(45)33(50-14)49-13-22-31(53-23(40)8-5-16-3-6-18(36)20(38)11-16)32(54-35-29(46)27(44)25(42)15(2)51-35)30(47)34(52-22)48-10-9-17-4-7-19(37)21(39)12-17/h3-8,11-12,14-15,22,24-39,41-47H,9-10,13H2,1-2H3/b8-5+/t14-,15+,22-,24-,25-,26-,27-,28+,29-,30+,31+,32-,33-,34-,35-/m0/s1. The number of aliphatic hydroxyl groups excluding tert-OH is 7. The van der Waals surface area contributed by atoms with Gasteiger partial charge >= 0.3 is 5.97 Å². The van der Waals surface area contributed by atoms with Gasteiger partial charge in [-0.25, -0.2) is 4.79 Å². The van der Waals surface area contributed by atoms with E-state index < -0.39 is 116 Å². The van der Waals surface area contributed by atoms with Crippen LogP contribution in [0.5, 0.6) is 23.0 Å². The normalized spacial score (nSPS) is 37.3. The van der Waals surface area contributed by atoms with Crippen molar-refractivity contribution in [1.29, 1.82) is 0 Å². The van der Waals surface area contributed by atoms with Gasteiger partial charge in [0.2, 0.25) is 0 Å². The molecule has 2 aromatic rings. The van der Waals surface area contributed by atoms with Crippen LogP contribution in [0.2, 0.25) is 0 Å². The first-order valence-corrected chi connectivity index (χ1v) is 17.1. The van der Waals surface area contributed by atoms with Crippen LogP contribution in [0.25, 0.3) is 6.08 Å². The molecule has 3 aliphatic heterocycles. The summed E-state index contributed by atoms with van der Waals surface area (Å²) in [5.74, 6) is -2.62. The second-order valence-electron chi connectivity index (χ2n) is 13.3. The number of aliphatic hydroxyl groups is 7. The molecule has 3 fully saturated rings. The van der Waals surface area contributed by atoms with E-state index in [4.69, 9.17) is 33.2 Å². The second kappa shape index (κ2) is 17.9. The fourth-order valence-electron chi connectivity index (χ4n) is 6.08. The Bertz CT molecular complexity index is 1590. The third-order valence-electron chi connectivity index (χ3n) is 9.32. The lowest BCUT2D eigenvalue weighted by molar-refractivity contribution is -0.363. The SMILES string of the molecule is C[C@@H]1O[C@H](OC[C@@H]2O[C@H](OCCc3ccc(O)c(O)c3)[C@H](O)[C@H](O[C@@H]3O[C@H](C)[C@H](O)[C@H](O)[C@@H]3O)[C@@H]2OC(=O)/C=C/c2ccc(O)c(O)c2)[C@H](O)[C@@H](O)[C@H]1O. The zero-order valence-electron chi connectivity index (χ0n) is 29.1. The number of esters is 1. The van der Waals surface area contributed by atoms with Gasteiger partial charge in [-0.3, -0.25) is 0 Å². The van der Waals surface area contributed by atoms with Crippen molar-refractivity contribution in [3.8, 4) is 23.0 Å². The highest BCUT2D eigenvalue weighted by atomic mass is 16.8. The summed E-state index contributed by atoms with van der Waals surface area (Å²) >= 11 is 0. The number of rotatable bonds is 12. The van der Waals surface area contributed by atoms with Gasteiger partial charge < -0.3 is 89.3 Å². The maximum Gasteiger partial charge on any atom is 0.331 e. The smallest absolute Gasteiger partial charge is 0.331 e. The Morgan fingerprint density at radius 3 is 1.85 bits per heavy atom. The van der Waals surface area contributed by atoms with Gasteiger partial charge in [0.05, 0.1) is 25.4 Å². The molecule has 15 atom stereocenters. The highest BCUT2D eigenvalue weighted by Crippen LogP contribution is 2.33. The Morgan fingerprint density at radius 1 is 0.648 bits per heavy atom. The van der Waals surface area contributed by atoms with Gasteiger partial charge in [-0.15, -0.1) is 0 Å². The van der Waals surface area contributed by atoms with Crippen molar-refractivity contribution < 1.29 is 94.1 Å². The van der Waals surface area contributed by atoms with E-state index in [1.807, 2.05) is 0 Å². The van der Waals surface area contributed by atoms with Crippen LogP contribution in [0.3, 0.4) is 0 Å². The summed E-state index contributed by atoms with van der Waals surface area (Å²) in [5, 5.41) is 113. The fraction of sp³-hybridized carbons (Fsp3) is 0.571. The minimum atomic E-state index is -1.86. The third-order valence-corrected chi connectivity index (χ3v) is 9.32. The number of carbonyl (C=O) groups is 1. The van der Waals surface area contributed by atoms with Crippen molar-refractivity contribution in [2.75, 3.05) is 13.2 Å². The monoisotopic (exact) mass is 770 g/mol. The Morgan fingerprint density at radius 2 is 1.22 bits per heavy atom. The Balaban J connectivity index is 1.43. The van der Waals surface area contributed by atoms with Gasteiger partial charge in [-0.1, -0.05) is 12.1 Å². The number of hydrogen-bond donors (Lipinski definition) is 11. The molecule has 0 spiro atoms. The molecular formula is C35H46O19. The minimum Gasteiger partial charge on any atom is -0.504 e. The summed E-state index contributed by atoms with van der Waals surface area (Å²) in [6, 6.07) is 7.83. The van der Waals surface area contributed by atoms with Crippen molar-refractivity contribution >= 4 is 12.0 Å². The highest BCUT2D eigenvalue weighted by molar-refractivity contribution is 5.87. The van der Waals surface area contributed by atoms with Gasteiger partial charge in [-0.2, -0.15) is 0 Å². The summed E-state index contributed by atoms with van der Waals surface area (Å²) < 4.78 is 40.4. The molecule has 5 rings (SSSR count). The number of hydrogen-bond acceptors (Lipinski definition) is 19. The molecule has 3 heterocycles. The molecular weight excluding hydrogens is 724 g/mol. The lowest BCUT2D eigenvalue weighted by Gasteiger charge is -2.47. The summed E-state index contributed by atoms with van der Waals surface area (Å²) in [6.07, 6.45) is -21.1. The van der Waals surface area contributed by atoms with E-state index in [-0.39, 0.29) is 30.1 Å². The van der Waals surface area contributed by atoms with E-state index in [0.29, 0.717) is 5.56 Å². The zero-order valence-corrected chi connectivity index (χ0v) is 29.1. The summed E-state index contributed by atoms with van der Waals surface area (Å²) in [7, 11) is 0. The molecule has 54 heavy (non-hydrogen) atoms. The number of ether oxygens (including phenoxy) is 7. The predicted octanol–water partition coefficient (Wildman–Crippen LogP) is -2.16. The molecule has 0 bridgehead atoms. The molecule has 0 unspecified atom stereocenters. The number of phenols is 4. The van der Waals surface area contributed by atoms with Crippen LogP contribution in [0.4, 0.5) is 0 Å². The van der Waals surface area contributed by atoms with Gasteiger partial charge in [0, 0.05) is 6.08 Å². The number of phenolic OH excluding ortho intramolecular Hbond substituents is 4. The lowest BCUT2D eigenvalue weighted by Crippen LogP contribution is -2.65. The second-order valence-corrected chi connectivity index (χ2v) is 13.3. The van der Waals surface area contributed by atoms with E-state index in [0.717, 1.165) is 6.08 Å². The van der Waals surface area contributed by atoms with Crippen molar-refractivity contribution in [2.24, 2.45) is 0 Å². The first-order valence-electron chi connectivity index (χ1n) is 17.1. The maximum absolute atomic E-state index is 13.3. The van der Waals surface area contributed by atoms with Gasteiger partial charge in [0.15, 0.2) is 48.0 Å². The molecule has 3 saturated heterocycles. The quantitative estimate of drug-likeness (QED) is 0.0622. The molecule has 0 amide bonds. The average Bonchev–Trinajstić information content (AvgIpc) is 3.14. The van der Waals surface area contributed by atoms with Gasteiger partial charge in [0.25, 0.3) is 0 Å². The van der Waals surface area contributed by atoms with E-state index in [2.05, 4.69) is 0 Å². The molecule has 2 aromatic carbocycles. The molecule has 0 aromatic heterocycles. The van der Waals surface area contributed by atoms with E-state index in [9.17, 15) is 61.0 Å². The van der Waals surface area contributed by atoms with Crippen molar-refractivity contribution in [1.82, 2.24) is 0 Å². The predicted molar refractivity (Wildman–Crippen MR) is 178 cm³/mol. The maximum atomic E-state index is 13.3. The Hall–Kier alpha value is -3.67. The molecule has 3 aliphatic rings. The van der Waals surface area contributed by atoms with Gasteiger partial charge in [0.1, 0.15) is 54.9 Å². The molecule has 300 valence electrons. The highest BCUT2D eigenvalue weighted by Gasteiger charge is 2.53. The molecule has 0 aliphatic carbocycles. The number of carbonyl (C=O) groups excluding carboxylic acids is 1. The van der Waals surface area contributed by atoms with Crippen LogP contribution in [0.1, 0.15) is 25.0 Å².